The minimum atomic E-state index is 0.707. The minimum absolute atomic E-state index is 0.707. The molecule has 0 aliphatic heterocycles. The summed E-state index contributed by atoms with van der Waals surface area (Å²) in [6.07, 6.45) is 6.53. The summed E-state index contributed by atoms with van der Waals surface area (Å²) >= 11 is 3.64. The molecule has 0 atom stereocenters. The van der Waals surface area contributed by atoms with Crippen molar-refractivity contribution in [2.24, 2.45) is 0 Å². The summed E-state index contributed by atoms with van der Waals surface area (Å²) in [5.74, 6) is 2.72. The molecule has 0 heterocycles. The Morgan fingerprint density at radius 3 is 2.78 bits per heavy atom. The second-order valence-electron chi connectivity index (χ2n) is 4.37. The lowest BCUT2D eigenvalue weighted by molar-refractivity contribution is 0.299. The van der Waals surface area contributed by atoms with Gasteiger partial charge in [0.25, 0.3) is 0 Å². The first-order valence-corrected chi connectivity index (χ1v) is 7.08. The van der Waals surface area contributed by atoms with Crippen molar-refractivity contribution in [3.8, 4) is 12.3 Å². The molecule has 1 aromatic rings. The predicted octanol–water partition coefficient (Wildman–Crippen LogP) is 3.01. The Balaban J connectivity index is 2.74. The number of nitrogens with zero attached hydrogens (tertiary/aromatic N) is 1. The Kier molecular flexibility index (Phi) is 7.04. The van der Waals surface area contributed by atoms with Gasteiger partial charge >= 0.3 is 0 Å². The summed E-state index contributed by atoms with van der Waals surface area (Å²) in [4.78, 5) is 2.29. The largest absolute Gasteiger partial charge is 0.316 e. The van der Waals surface area contributed by atoms with Crippen molar-refractivity contribution in [3.05, 3.63) is 33.8 Å². The van der Waals surface area contributed by atoms with Crippen LogP contribution in [0.1, 0.15) is 24.5 Å². The van der Waals surface area contributed by atoms with Crippen LogP contribution in [-0.4, -0.2) is 25.0 Å². The number of halogens is 1. The van der Waals surface area contributed by atoms with Crippen molar-refractivity contribution in [2.45, 2.75) is 26.4 Å². The van der Waals surface area contributed by atoms with Gasteiger partial charge in [0.15, 0.2) is 0 Å². The molecule has 1 aromatic carbocycles. The first-order chi connectivity index (χ1) is 8.71. The molecule has 0 saturated heterocycles. The zero-order valence-corrected chi connectivity index (χ0v) is 12.8. The molecule has 0 amide bonds. The van der Waals surface area contributed by atoms with Crippen LogP contribution in [0.25, 0.3) is 0 Å². The smallest absolute Gasteiger partial charge is 0.0601 e. The van der Waals surface area contributed by atoms with E-state index in [9.17, 15) is 0 Å². The average molecular weight is 309 g/mol. The van der Waals surface area contributed by atoms with E-state index in [0.717, 1.165) is 30.5 Å². The van der Waals surface area contributed by atoms with Crippen LogP contribution in [0.5, 0.6) is 0 Å². The topological polar surface area (TPSA) is 15.3 Å². The summed E-state index contributed by atoms with van der Waals surface area (Å²) in [7, 11) is 1.96. The maximum atomic E-state index is 5.40. The Hall–Kier alpha value is -0.820. The van der Waals surface area contributed by atoms with E-state index in [0.29, 0.717) is 6.54 Å². The van der Waals surface area contributed by atoms with E-state index in [4.69, 9.17) is 6.42 Å². The summed E-state index contributed by atoms with van der Waals surface area (Å²) in [6, 6.07) is 6.51. The molecular weight excluding hydrogens is 288 g/mol. The summed E-state index contributed by atoms with van der Waals surface area (Å²) in [5, 5.41) is 3.15. The van der Waals surface area contributed by atoms with Gasteiger partial charge in [-0.05, 0) is 37.2 Å². The van der Waals surface area contributed by atoms with Crippen molar-refractivity contribution in [2.75, 3.05) is 20.1 Å². The summed E-state index contributed by atoms with van der Waals surface area (Å²) < 4.78 is 1.16. The van der Waals surface area contributed by atoms with E-state index in [2.05, 4.69) is 57.2 Å². The van der Waals surface area contributed by atoms with E-state index >= 15 is 0 Å². The SMILES string of the molecule is C#CCN(CCC)Cc1ccc(CNC)cc1Br. The Labute approximate surface area is 119 Å². The third-order valence-electron chi connectivity index (χ3n) is 2.75. The zero-order chi connectivity index (χ0) is 13.4. The van der Waals surface area contributed by atoms with E-state index < -0.39 is 0 Å². The van der Waals surface area contributed by atoms with Gasteiger partial charge < -0.3 is 5.32 Å². The fourth-order valence-electron chi connectivity index (χ4n) is 1.93. The molecule has 3 heteroatoms. The molecule has 1 N–H and O–H groups in total. The highest BCUT2D eigenvalue weighted by molar-refractivity contribution is 9.10. The second kappa shape index (κ2) is 8.31. The molecule has 0 aliphatic carbocycles. The Morgan fingerprint density at radius 2 is 2.22 bits per heavy atom. The summed E-state index contributed by atoms with van der Waals surface area (Å²) in [5.41, 5.74) is 2.57. The molecule has 0 aliphatic rings. The van der Waals surface area contributed by atoms with Crippen LogP contribution in [0.15, 0.2) is 22.7 Å². The van der Waals surface area contributed by atoms with E-state index in [1.807, 2.05) is 7.05 Å². The number of benzene rings is 1. The molecule has 2 nitrogen and oxygen atoms in total. The second-order valence-corrected chi connectivity index (χ2v) is 5.23. The number of hydrogen-bond acceptors (Lipinski definition) is 2. The molecule has 98 valence electrons. The summed E-state index contributed by atoms with van der Waals surface area (Å²) in [6.45, 7) is 5.71. The highest BCUT2D eigenvalue weighted by Crippen LogP contribution is 2.20. The maximum absolute atomic E-state index is 5.40. The van der Waals surface area contributed by atoms with Gasteiger partial charge in [-0.2, -0.15) is 0 Å². The molecular formula is C15H21BrN2. The van der Waals surface area contributed by atoms with Gasteiger partial charge in [-0.15, -0.1) is 6.42 Å². The van der Waals surface area contributed by atoms with Gasteiger partial charge in [0.05, 0.1) is 6.54 Å². The van der Waals surface area contributed by atoms with Crippen LogP contribution in [-0.2, 0) is 13.1 Å². The number of terminal acetylenes is 1. The molecule has 0 spiro atoms. The zero-order valence-electron chi connectivity index (χ0n) is 11.2. The van der Waals surface area contributed by atoms with Gasteiger partial charge in [0.2, 0.25) is 0 Å². The molecule has 0 unspecified atom stereocenters. The molecule has 0 bridgehead atoms. The van der Waals surface area contributed by atoms with E-state index in [-0.39, 0.29) is 0 Å². The third kappa shape index (κ3) is 4.81. The van der Waals surface area contributed by atoms with Crippen LogP contribution >= 0.6 is 15.9 Å². The van der Waals surface area contributed by atoms with Gasteiger partial charge in [0, 0.05) is 17.6 Å². The lowest BCUT2D eigenvalue weighted by atomic mass is 10.1. The number of nitrogens with one attached hydrogen (secondary N) is 1. The highest BCUT2D eigenvalue weighted by atomic mass is 79.9. The fraction of sp³-hybridized carbons (Fsp3) is 0.467. The normalized spacial score (nSPS) is 10.6. The van der Waals surface area contributed by atoms with Gasteiger partial charge in [-0.1, -0.05) is 40.9 Å². The first kappa shape index (κ1) is 15.2. The van der Waals surface area contributed by atoms with Crippen molar-refractivity contribution in [1.82, 2.24) is 10.2 Å². The molecule has 18 heavy (non-hydrogen) atoms. The quantitative estimate of drug-likeness (QED) is 0.779. The van der Waals surface area contributed by atoms with Crippen LogP contribution in [0.2, 0.25) is 0 Å². The van der Waals surface area contributed by atoms with Gasteiger partial charge in [-0.3, -0.25) is 4.90 Å². The lowest BCUT2D eigenvalue weighted by Crippen LogP contribution is -2.24. The molecule has 1 rings (SSSR count). The fourth-order valence-corrected chi connectivity index (χ4v) is 2.48. The Morgan fingerprint density at radius 1 is 1.44 bits per heavy atom. The lowest BCUT2D eigenvalue weighted by Gasteiger charge is -2.20. The average Bonchev–Trinajstić information content (AvgIpc) is 2.33. The van der Waals surface area contributed by atoms with Crippen LogP contribution in [0, 0.1) is 12.3 Å². The standard InChI is InChI=1S/C15H21BrN2/c1-4-8-18(9-5-2)12-14-7-6-13(11-17-3)10-15(14)16/h1,6-7,10,17H,5,8-9,11-12H2,2-3H3. The monoisotopic (exact) mass is 308 g/mol. The van der Waals surface area contributed by atoms with Crippen molar-refractivity contribution in [1.29, 1.82) is 0 Å². The maximum Gasteiger partial charge on any atom is 0.0601 e. The highest BCUT2D eigenvalue weighted by Gasteiger charge is 2.07. The predicted molar refractivity (Wildman–Crippen MR) is 81.3 cm³/mol. The van der Waals surface area contributed by atoms with Crippen molar-refractivity contribution < 1.29 is 0 Å². The van der Waals surface area contributed by atoms with Crippen molar-refractivity contribution >= 4 is 15.9 Å². The van der Waals surface area contributed by atoms with Crippen molar-refractivity contribution in [3.63, 3.8) is 0 Å². The van der Waals surface area contributed by atoms with Gasteiger partial charge in [0.1, 0.15) is 0 Å². The van der Waals surface area contributed by atoms with E-state index in [1.165, 1.54) is 11.1 Å². The number of hydrogen-bond donors (Lipinski definition) is 1. The molecule has 0 radical (unpaired) electrons. The Bertz CT molecular complexity index is 409. The van der Waals surface area contributed by atoms with Crippen LogP contribution in [0.4, 0.5) is 0 Å². The molecule has 0 saturated carbocycles. The van der Waals surface area contributed by atoms with E-state index in [1.54, 1.807) is 0 Å². The molecule has 0 fully saturated rings. The number of rotatable bonds is 7. The van der Waals surface area contributed by atoms with Gasteiger partial charge in [-0.25, -0.2) is 0 Å². The minimum Gasteiger partial charge on any atom is -0.316 e. The van der Waals surface area contributed by atoms with Crippen LogP contribution in [0.3, 0.4) is 0 Å². The third-order valence-corrected chi connectivity index (χ3v) is 3.49. The first-order valence-electron chi connectivity index (χ1n) is 6.29. The van der Waals surface area contributed by atoms with Crippen LogP contribution < -0.4 is 5.32 Å². The molecule has 0 aromatic heterocycles.